The van der Waals surface area contributed by atoms with Gasteiger partial charge in [0, 0.05) is 24.2 Å². The summed E-state index contributed by atoms with van der Waals surface area (Å²) in [6, 6.07) is 7.89. The quantitative estimate of drug-likeness (QED) is 0.811. The number of nitrogens with two attached hydrogens (primary N) is 1. The Bertz CT molecular complexity index is 391. The van der Waals surface area contributed by atoms with E-state index in [-0.39, 0.29) is 11.8 Å². The number of primary amides is 1. The minimum Gasteiger partial charge on any atom is -0.369 e. The lowest BCUT2D eigenvalue weighted by molar-refractivity contribution is -0.119. The van der Waals surface area contributed by atoms with E-state index in [9.17, 15) is 4.79 Å². The fraction of sp³-hybridized carbons (Fsp3) is 0.417. The van der Waals surface area contributed by atoms with Gasteiger partial charge in [0.25, 0.3) is 0 Å². The molecule has 86 valence electrons. The van der Waals surface area contributed by atoms with E-state index in [1.165, 1.54) is 0 Å². The summed E-state index contributed by atoms with van der Waals surface area (Å²) in [4.78, 5) is 13.6. The largest absolute Gasteiger partial charge is 0.369 e. The number of carbonyl (C=O) groups excluding carboxylic acids is 1. The maximum absolute atomic E-state index is 11.4. The van der Waals surface area contributed by atoms with Gasteiger partial charge in [-0.25, -0.2) is 0 Å². The number of hydrogen-bond acceptors (Lipinski definition) is 2. The van der Waals surface area contributed by atoms with Crippen molar-refractivity contribution < 1.29 is 4.79 Å². The standard InChI is InChI=1S/C12H15ClN2O/c1-8-6-15(8)7-11(12(14)16)9-2-4-10(13)5-3-9/h2-5,8,11H,6-7H2,1H3,(H2,14,16). The highest BCUT2D eigenvalue weighted by Crippen LogP contribution is 2.25. The Morgan fingerprint density at radius 1 is 1.56 bits per heavy atom. The molecule has 1 amide bonds. The van der Waals surface area contributed by atoms with Gasteiger partial charge in [0.2, 0.25) is 5.91 Å². The van der Waals surface area contributed by atoms with Crippen molar-refractivity contribution in [2.75, 3.05) is 13.1 Å². The van der Waals surface area contributed by atoms with Gasteiger partial charge in [-0.2, -0.15) is 0 Å². The SMILES string of the molecule is CC1CN1CC(C(N)=O)c1ccc(Cl)cc1. The molecule has 0 aromatic heterocycles. The van der Waals surface area contributed by atoms with E-state index in [4.69, 9.17) is 17.3 Å². The normalized spacial score (nSPS) is 25.1. The molecule has 0 radical (unpaired) electrons. The monoisotopic (exact) mass is 238 g/mol. The molecule has 4 heteroatoms. The minimum atomic E-state index is -0.276. The first-order chi connectivity index (χ1) is 7.58. The molecule has 2 N–H and O–H groups in total. The van der Waals surface area contributed by atoms with Gasteiger partial charge in [-0.1, -0.05) is 23.7 Å². The highest BCUT2D eigenvalue weighted by molar-refractivity contribution is 6.30. The van der Waals surface area contributed by atoms with E-state index < -0.39 is 0 Å². The average Bonchev–Trinajstić information content (AvgIpc) is 2.92. The first kappa shape index (κ1) is 11.4. The van der Waals surface area contributed by atoms with E-state index in [0.717, 1.165) is 12.1 Å². The molecule has 3 atom stereocenters. The second-order valence-electron chi connectivity index (χ2n) is 4.31. The Hall–Kier alpha value is -1.06. The van der Waals surface area contributed by atoms with E-state index in [2.05, 4.69) is 11.8 Å². The molecular weight excluding hydrogens is 224 g/mol. The zero-order chi connectivity index (χ0) is 11.7. The molecular formula is C12H15ClN2O. The van der Waals surface area contributed by atoms with Gasteiger partial charge in [0.1, 0.15) is 0 Å². The lowest BCUT2D eigenvalue weighted by atomic mass is 9.98. The minimum absolute atomic E-state index is 0.234. The Morgan fingerprint density at radius 2 is 2.12 bits per heavy atom. The highest BCUT2D eigenvalue weighted by atomic mass is 35.5. The summed E-state index contributed by atoms with van der Waals surface area (Å²) in [5.41, 5.74) is 6.37. The summed E-state index contributed by atoms with van der Waals surface area (Å²) in [5.74, 6) is -0.511. The number of halogens is 1. The van der Waals surface area contributed by atoms with Crippen LogP contribution in [0.5, 0.6) is 0 Å². The molecule has 0 bridgehead atoms. The smallest absolute Gasteiger partial charge is 0.226 e. The van der Waals surface area contributed by atoms with Crippen molar-refractivity contribution in [2.24, 2.45) is 5.73 Å². The summed E-state index contributed by atoms with van der Waals surface area (Å²) in [7, 11) is 0. The van der Waals surface area contributed by atoms with Gasteiger partial charge in [-0.15, -0.1) is 0 Å². The molecule has 0 spiro atoms. The Kier molecular flexibility index (Phi) is 3.17. The fourth-order valence-corrected chi connectivity index (χ4v) is 1.96. The van der Waals surface area contributed by atoms with Crippen LogP contribution in [0.2, 0.25) is 5.02 Å². The topological polar surface area (TPSA) is 46.1 Å². The molecule has 1 aliphatic rings. The molecule has 1 heterocycles. The van der Waals surface area contributed by atoms with Crippen LogP contribution in [-0.2, 0) is 4.79 Å². The maximum Gasteiger partial charge on any atom is 0.226 e. The van der Waals surface area contributed by atoms with Gasteiger partial charge in [-0.05, 0) is 24.6 Å². The van der Waals surface area contributed by atoms with Crippen LogP contribution in [0.4, 0.5) is 0 Å². The van der Waals surface area contributed by atoms with Crippen molar-refractivity contribution in [1.29, 1.82) is 0 Å². The predicted octanol–water partition coefficient (Wildman–Crippen LogP) is 1.61. The fourth-order valence-electron chi connectivity index (χ4n) is 1.84. The first-order valence-electron chi connectivity index (χ1n) is 5.37. The highest BCUT2D eigenvalue weighted by Gasteiger charge is 2.33. The van der Waals surface area contributed by atoms with Gasteiger partial charge in [-0.3, -0.25) is 9.69 Å². The molecule has 3 nitrogen and oxygen atoms in total. The molecule has 1 fully saturated rings. The molecule has 1 aromatic rings. The van der Waals surface area contributed by atoms with Crippen LogP contribution in [-0.4, -0.2) is 29.9 Å². The van der Waals surface area contributed by atoms with Gasteiger partial charge < -0.3 is 5.73 Å². The lowest BCUT2D eigenvalue weighted by Crippen LogP contribution is -2.27. The number of carbonyl (C=O) groups is 1. The van der Waals surface area contributed by atoms with Crippen molar-refractivity contribution in [3.05, 3.63) is 34.9 Å². The van der Waals surface area contributed by atoms with E-state index >= 15 is 0 Å². The number of benzene rings is 1. The average molecular weight is 239 g/mol. The number of amides is 1. The predicted molar refractivity (Wildman–Crippen MR) is 64.4 cm³/mol. The van der Waals surface area contributed by atoms with Gasteiger partial charge >= 0.3 is 0 Å². The van der Waals surface area contributed by atoms with Crippen LogP contribution in [0.3, 0.4) is 0 Å². The Morgan fingerprint density at radius 3 is 2.56 bits per heavy atom. The summed E-state index contributed by atoms with van der Waals surface area (Å²) >= 11 is 5.81. The van der Waals surface area contributed by atoms with Crippen molar-refractivity contribution >= 4 is 17.5 Å². The zero-order valence-corrected chi connectivity index (χ0v) is 9.95. The Labute approximate surface area is 100 Å². The third-order valence-corrected chi connectivity index (χ3v) is 3.27. The third-order valence-electron chi connectivity index (χ3n) is 3.02. The number of rotatable bonds is 4. The van der Waals surface area contributed by atoms with Crippen LogP contribution >= 0.6 is 11.6 Å². The third kappa shape index (κ3) is 2.54. The number of hydrogen-bond donors (Lipinski definition) is 1. The molecule has 16 heavy (non-hydrogen) atoms. The zero-order valence-electron chi connectivity index (χ0n) is 9.19. The summed E-state index contributed by atoms with van der Waals surface area (Å²) in [5, 5.41) is 0.673. The van der Waals surface area contributed by atoms with Crippen molar-refractivity contribution in [2.45, 2.75) is 18.9 Å². The number of nitrogens with zero attached hydrogens (tertiary/aromatic N) is 1. The molecule has 2 rings (SSSR count). The molecule has 1 aliphatic heterocycles. The van der Waals surface area contributed by atoms with Crippen LogP contribution < -0.4 is 5.73 Å². The molecule has 1 saturated heterocycles. The van der Waals surface area contributed by atoms with Crippen molar-refractivity contribution in [3.63, 3.8) is 0 Å². The van der Waals surface area contributed by atoms with Crippen LogP contribution in [0.25, 0.3) is 0 Å². The van der Waals surface area contributed by atoms with Crippen LogP contribution in [0.1, 0.15) is 18.4 Å². The molecule has 0 aliphatic carbocycles. The van der Waals surface area contributed by atoms with E-state index in [0.29, 0.717) is 17.6 Å². The van der Waals surface area contributed by atoms with Crippen LogP contribution in [0, 0.1) is 0 Å². The van der Waals surface area contributed by atoms with Crippen molar-refractivity contribution in [3.8, 4) is 0 Å². The molecule has 0 saturated carbocycles. The Balaban J connectivity index is 2.12. The van der Waals surface area contributed by atoms with Crippen molar-refractivity contribution in [1.82, 2.24) is 4.90 Å². The second kappa shape index (κ2) is 4.44. The van der Waals surface area contributed by atoms with E-state index in [1.807, 2.05) is 12.1 Å². The van der Waals surface area contributed by atoms with Crippen LogP contribution in [0.15, 0.2) is 24.3 Å². The maximum atomic E-state index is 11.4. The summed E-state index contributed by atoms with van der Waals surface area (Å²) < 4.78 is 0. The first-order valence-corrected chi connectivity index (χ1v) is 5.74. The summed E-state index contributed by atoms with van der Waals surface area (Å²) in [6.45, 7) is 3.90. The second-order valence-corrected chi connectivity index (χ2v) is 4.75. The van der Waals surface area contributed by atoms with Gasteiger partial charge in [0.15, 0.2) is 0 Å². The molecule has 3 unspecified atom stereocenters. The lowest BCUT2D eigenvalue weighted by Gasteiger charge is -2.14. The summed E-state index contributed by atoms with van der Waals surface area (Å²) in [6.07, 6.45) is 0. The van der Waals surface area contributed by atoms with E-state index in [1.54, 1.807) is 12.1 Å². The van der Waals surface area contributed by atoms with Gasteiger partial charge in [0.05, 0.1) is 5.92 Å². The molecule has 1 aromatic carbocycles.